The van der Waals surface area contributed by atoms with Gasteiger partial charge in [0.15, 0.2) is 11.5 Å². The fourth-order valence-electron chi connectivity index (χ4n) is 5.34. The molecule has 4 aromatic rings. The standard InChI is InChI=1S/C16H17F3N2O3.C13H15NO3/c1-4-7-6-21(2)8-5-9(22)13-11(10(7)8)12(15(23)24-3)14(20-13)16(17,18)19;1-8-5-10-9(7-14-8)6-11(15-2)13(17-4)12(10)16-3/h5,7,20,22H,4,6H2,1-3H3;5-7H,1-4H3/t7-;/m1./s1. The van der Waals surface area contributed by atoms with Crippen molar-refractivity contribution in [1.82, 2.24) is 9.97 Å². The molecule has 0 saturated carbocycles. The van der Waals surface area contributed by atoms with E-state index in [0.717, 1.165) is 23.6 Å². The number of benzene rings is 2. The summed E-state index contributed by atoms with van der Waals surface area (Å²) in [6.45, 7) is 4.48. The Bertz CT molecular complexity index is 1620. The van der Waals surface area contributed by atoms with E-state index < -0.39 is 23.4 Å². The molecule has 5 rings (SSSR count). The number of esters is 1. The van der Waals surface area contributed by atoms with Gasteiger partial charge in [-0.25, -0.2) is 4.79 Å². The van der Waals surface area contributed by atoms with Crippen LogP contribution in [0.3, 0.4) is 0 Å². The van der Waals surface area contributed by atoms with Crippen molar-refractivity contribution >= 4 is 33.3 Å². The molecule has 220 valence electrons. The highest BCUT2D eigenvalue weighted by Crippen LogP contribution is 2.49. The molecule has 1 aliphatic heterocycles. The molecule has 0 unspecified atom stereocenters. The number of likely N-dealkylation sites (N-methyl/N-ethyl adjacent to an activating group) is 1. The molecule has 2 N–H and O–H groups in total. The zero-order valence-electron chi connectivity index (χ0n) is 23.8. The van der Waals surface area contributed by atoms with Crippen molar-refractivity contribution in [1.29, 1.82) is 0 Å². The molecule has 0 fully saturated rings. The van der Waals surface area contributed by atoms with Crippen LogP contribution in [-0.4, -0.2) is 63.1 Å². The summed E-state index contributed by atoms with van der Waals surface area (Å²) in [5.74, 6) is 0.482. The molecule has 0 spiro atoms. The number of alkyl halides is 3. The number of H-pyrrole nitrogens is 1. The molecule has 3 heterocycles. The molecule has 9 nitrogen and oxygen atoms in total. The number of fused-ring (bicyclic) bond motifs is 4. The lowest BCUT2D eigenvalue weighted by molar-refractivity contribution is -0.141. The van der Waals surface area contributed by atoms with E-state index in [1.54, 1.807) is 34.6 Å². The minimum Gasteiger partial charge on any atom is -0.506 e. The van der Waals surface area contributed by atoms with Gasteiger partial charge in [0.1, 0.15) is 11.4 Å². The minimum atomic E-state index is -4.77. The fraction of sp³-hybridized carbons (Fsp3) is 0.379. The van der Waals surface area contributed by atoms with Crippen molar-refractivity contribution in [2.24, 2.45) is 0 Å². The van der Waals surface area contributed by atoms with E-state index in [0.29, 0.717) is 41.5 Å². The summed E-state index contributed by atoms with van der Waals surface area (Å²) in [4.78, 5) is 20.4. The summed E-state index contributed by atoms with van der Waals surface area (Å²) in [7, 11) is 7.65. The van der Waals surface area contributed by atoms with E-state index in [2.05, 4.69) is 14.7 Å². The van der Waals surface area contributed by atoms with Gasteiger partial charge in [0, 0.05) is 59.3 Å². The average molecular weight is 576 g/mol. The Kier molecular flexibility index (Phi) is 8.14. The van der Waals surface area contributed by atoms with Gasteiger partial charge in [-0.1, -0.05) is 6.92 Å². The average Bonchev–Trinajstić information content (AvgIpc) is 3.50. The largest absolute Gasteiger partial charge is 0.506 e. The fourth-order valence-corrected chi connectivity index (χ4v) is 5.34. The minimum absolute atomic E-state index is 0.0339. The molecule has 2 aromatic heterocycles. The Hall–Kier alpha value is -4.35. The van der Waals surface area contributed by atoms with Gasteiger partial charge >= 0.3 is 12.1 Å². The summed E-state index contributed by atoms with van der Waals surface area (Å²) in [5.41, 5.74) is 0.348. The maximum Gasteiger partial charge on any atom is 0.432 e. The lowest BCUT2D eigenvalue weighted by Crippen LogP contribution is -2.14. The number of nitrogens with zero attached hydrogens (tertiary/aromatic N) is 2. The summed E-state index contributed by atoms with van der Waals surface area (Å²) in [6.07, 6.45) is -2.27. The molecule has 0 saturated heterocycles. The quantitative estimate of drug-likeness (QED) is 0.272. The predicted octanol–water partition coefficient (Wildman–Crippen LogP) is 6.19. The summed E-state index contributed by atoms with van der Waals surface area (Å²) in [5, 5.41) is 12.2. The SMILES string of the molecule is CC[C@@H]1CN(C)c2cc(O)c3[nH]c(C(F)(F)F)c(C(=O)OC)c3c21.COc1cc2cnc(C)cc2c(OC)c1OC. The number of pyridine rings is 1. The number of aromatic hydroxyl groups is 1. The van der Waals surface area contributed by atoms with Crippen LogP contribution in [0.1, 0.15) is 46.6 Å². The van der Waals surface area contributed by atoms with Crippen molar-refractivity contribution < 1.29 is 42.0 Å². The Labute approximate surface area is 234 Å². The smallest absolute Gasteiger partial charge is 0.432 e. The highest BCUT2D eigenvalue weighted by molar-refractivity contribution is 6.10. The number of methoxy groups -OCH3 is 4. The molecule has 0 amide bonds. The summed E-state index contributed by atoms with van der Waals surface area (Å²) < 4.78 is 60.8. The number of anilines is 1. The number of carbonyl (C=O) groups excluding carboxylic acids is 1. The van der Waals surface area contributed by atoms with Gasteiger partial charge in [0.2, 0.25) is 5.75 Å². The van der Waals surface area contributed by atoms with Gasteiger partial charge in [0.05, 0.1) is 39.5 Å². The van der Waals surface area contributed by atoms with Gasteiger partial charge in [0.25, 0.3) is 0 Å². The van der Waals surface area contributed by atoms with E-state index in [1.165, 1.54) is 6.07 Å². The highest BCUT2D eigenvalue weighted by Gasteiger charge is 2.42. The Balaban J connectivity index is 0.000000201. The first-order chi connectivity index (χ1) is 19.4. The van der Waals surface area contributed by atoms with E-state index in [4.69, 9.17) is 14.2 Å². The van der Waals surface area contributed by atoms with Crippen molar-refractivity contribution in [3.8, 4) is 23.0 Å². The van der Waals surface area contributed by atoms with Crippen molar-refractivity contribution in [2.45, 2.75) is 32.4 Å². The molecule has 0 aliphatic carbocycles. The normalized spacial score (nSPS) is 14.5. The highest BCUT2D eigenvalue weighted by atomic mass is 19.4. The zero-order chi connectivity index (χ0) is 30.2. The van der Waals surface area contributed by atoms with E-state index >= 15 is 0 Å². The lowest BCUT2D eigenvalue weighted by atomic mass is 9.92. The molecule has 2 aromatic carbocycles. The van der Waals surface area contributed by atoms with Crippen LogP contribution in [0.15, 0.2) is 24.4 Å². The number of halogens is 3. The van der Waals surface area contributed by atoms with Crippen molar-refractivity contribution in [2.75, 3.05) is 46.9 Å². The number of rotatable bonds is 5. The Morgan fingerprint density at radius 2 is 1.80 bits per heavy atom. The maximum atomic E-state index is 13.4. The van der Waals surface area contributed by atoms with Crippen LogP contribution in [0, 0.1) is 6.92 Å². The monoisotopic (exact) mass is 575 g/mol. The molecular weight excluding hydrogens is 543 g/mol. The van der Waals surface area contributed by atoms with Gasteiger partial charge in [-0.05, 0) is 31.0 Å². The third kappa shape index (κ3) is 5.14. The number of phenols is 1. The van der Waals surface area contributed by atoms with Crippen LogP contribution in [0.25, 0.3) is 21.7 Å². The van der Waals surface area contributed by atoms with Gasteiger partial charge in [-0.15, -0.1) is 0 Å². The topological polar surface area (TPSA) is 106 Å². The number of ether oxygens (including phenoxy) is 4. The van der Waals surface area contributed by atoms with Crippen molar-refractivity contribution in [3.05, 3.63) is 46.9 Å². The van der Waals surface area contributed by atoms with Crippen LogP contribution in [0.5, 0.6) is 23.0 Å². The summed E-state index contributed by atoms with van der Waals surface area (Å²) in [6, 6.07) is 5.30. The number of carbonyl (C=O) groups is 1. The third-order valence-electron chi connectivity index (χ3n) is 7.22. The molecule has 1 atom stereocenters. The first-order valence-corrected chi connectivity index (χ1v) is 12.7. The van der Waals surface area contributed by atoms with Crippen LogP contribution >= 0.6 is 0 Å². The number of aromatic amines is 1. The molecule has 41 heavy (non-hydrogen) atoms. The Morgan fingerprint density at radius 3 is 2.37 bits per heavy atom. The Morgan fingerprint density at radius 1 is 1.12 bits per heavy atom. The second-order valence-corrected chi connectivity index (χ2v) is 9.62. The molecule has 0 radical (unpaired) electrons. The third-order valence-corrected chi connectivity index (χ3v) is 7.22. The number of aryl methyl sites for hydroxylation is 1. The zero-order valence-corrected chi connectivity index (χ0v) is 23.8. The number of phenolic OH excluding ortho intramolecular Hbond substituents is 1. The van der Waals surface area contributed by atoms with E-state index in [9.17, 15) is 23.1 Å². The lowest BCUT2D eigenvalue weighted by Gasteiger charge is -2.14. The molecule has 0 bridgehead atoms. The van der Waals surface area contributed by atoms with Gasteiger partial charge in [-0.3, -0.25) is 4.98 Å². The number of hydrogen-bond acceptors (Lipinski definition) is 8. The van der Waals surface area contributed by atoms with E-state index in [-0.39, 0.29) is 22.6 Å². The maximum absolute atomic E-state index is 13.4. The van der Waals surface area contributed by atoms with Crippen LogP contribution in [0.2, 0.25) is 0 Å². The van der Waals surface area contributed by atoms with Crippen molar-refractivity contribution in [3.63, 3.8) is 0 Å². The predicted molar refractivity (Wildman–Crippen MR) is 149 cm³/mol. The van der Waals surface area contributed by atoms with Gasteiger partial charge < -0.3 is 33.9 Å². The second kappa shape index (κ2) is 11.3. The first kappa shape index (κ1) is 29.6. The number of aromatic nitrogens is 2. The van der Waals surface area contributed by atoms with Gasteiger partial charge in [-0.2, -0.15) is 13.2 Å². The van der Waals surface area contributed by atoms with Crippen LogP contribution in [-0.2, 0) is 10.9 Å². The molecular formula is C29H32F3N3O6. The van der Waals surface area contributed by atoms with Crippen LogP contribution < -0.4 is 19.1 Å². The van der Waals surface area contributed by atoms with Crippen LogP contribution in [0.4, 0.5) is 18.9 Å². The molecule has 1 aliphatic rings. The number of hydrogen-bond donors (Lipinski definition) is 2. The molecule has 12 heteroatoms. The first-order valence-electron chi connectivity index (χ1n) is 12.7. The second-order valence-electron chi connectivity index (χ2n) is 9.62. The summed E-state index contributed by atoms with van der Waals surface area (Å²) >= 11 is 0. The number of nitrogens with one attached hydrogen (secondary N) is 1. The van der Waals surface area contributed by atoms with E-state index in [1.807, 2.05) is 30.9 Å².